The topological polar surface area (TPSA) is 66.8 Å². The number of aliphatic hydroxyl groups is 1. The molecule has 1 heterocycles. The molecule has 35 heavy (non-hydrogen) atoms. The molecule has 5 nitrogen and oxygen atoms in total. The molecule has 0 aliphatic carbocycles. The summed E-state index contributed by atoms with van der Waals surface area (Å²) in [7, 11) is 0. The Bertz CT molecular complexity index is 1360. The van der Waals surface area contributed by atoms with E-state index in [4.69, 9.17) is 0 Å². The summed E-state index contributed by atoms with van der Waals surface area (Å²) in [6, 6.07) is 16.2. The minimum Gasteiger partial charge on any atom is -0.507 e. The van der Waals surface area contributed by atoms with Crippen LogP contribution in [0.15, 0.2) is 72.3 Å². The zero-order valence-electron chi connectivity index (χ0n) is 19.2. The molecule has 0 spiro atoms. The molecule has 4 rings (SSSR count). The van der Waals surface area contributed by atoms with Gasteiger partial charge in [0.1, 0.15) is 11.5 Å². The zero-order chi connectivity index (χ0) is 25.5. The fourth-order valence-corrected chi connectivity index (χ4v) is 4.22. The summed E-state index contributed by atoms with van der Waals surface area (Å²) in [4.78, 5) is 27.6. The number of halogens is 3. The van der Waals surface area contributed by atoms with E-state index >= 15 is 0 Å². The van der Waals surface area contributed by atoms with Gasteiger partial charge in [-0.05, 0) is 50.1 Å². The van der Waals surface area contributed by atoms with Crippen LogP contribution in [0.2, 0.25) is 0 Å². The number of Topliss-reactive ketones (excluding diaryl/α,β-unsaturated/α-hetero) is 1. The third-order valence-corrected chi connectivity index (χ3v) is 5.78. The number of ketones is 1. The van der Waals surface area contributed by atoms with Crippen LogP contribution in [0.25, 0.3) is 5.76 Å². The second-order valence-electron chi connectivity index (χ2n) is 8.45. The second kappa shape index (κ2) is 8.94. The number of anilines is 1. The number of hydrogen-bond acceptors (Lipinski definition) is 4. The summed E-state index contributed by atoms with van der Waals surface area (Å²) < 4.78 is 42.4. The van der Waals surface area contributed by atoms with Crippen LogP contribution in [-0.4, -0.2) is 23.2 Å². The molecule has 0 bridgehead atoms. The molecule has 1 N–H and O–H groups in total. The Balaban J connectivity index is 1.94. The number of benzene rings is 3. The van der Waals surface area contributed by atoms with Crippen molar-refractivity contribution in [2.75, 3.05) is 4.90 Å². The summed E-state index contributed by atoms with van der Waals surface area (Å²) in [5, 5.41) is 11.3. The van der Waals surface area contributed by atoms with Gasteiger partial charge in [-0.1, -0.05) is 53.6 Å². The molecule has 1 unspecified atom stereocenters. The molecule has 3 aromatic rings. The minimum absolute atomic E-state index is 0.0281. The zero-order valence-corrected chi connectivity index (χ0v) is 19.2. The lowest BCUT2D eigenvalue weighted by Crippen LogP contribution is -2.29. The molecule has 1 aliphatic heterocycles. The van der Waals surface area contributed by atoms with Crippen molar-refractivity contribution in [1.82, 2.24) is 0 Å². The number of amides is 1. The van der Waals surface area contributed by atoms with E-state index in [1.807, 2.05) is 26.0 Å². The van der Waals surface area contributed by atoms with Crippen LogP contribution in [0.5, 0.6) is 5.75 Å². The van der Waals surface area contributed by atoms with Gasteiger partial charge in [-0.2, -0.15) is 0 Å². The first-order chi connectivity index (χ1) is 16.5. The summed E-state index contributed by atoms with van der Waals surface area (Å²) in [5.41, 5.74) is 3.19. The Labute approximate surface area is 200 Å². The lowest BCUT2D eigenvalue weighted by Gasteiger charge is -2.26. The minimum atomic E-state index is -4.93. The number of carbonyl (C=O) groups is 2. The predicted octanol–water partition coefficient (Wildman–Crippen LogP) is 6.14. The molecule has 3 aromatic carbocycles. The van der Waals surface area contributed by atoms with Crippen LogP contribution in [0.1, 0.15) is 33.9 Å². The normalized spacial score (nSPS) is 17.7. The number of rotatable bonds is 4. The highest BCUT2D eigenvalue weighted by molar-refractivity contribution is 6.51. The molecule has 1 amide bonds. The van der Waals surface area contributed by atoms with Gasteiger partial charge in [0.25, 0.3) is 11.7 Å². The Morgan fingerprint density at radius 1 is 0.914 bits per heavy atom. The number of hydrogen-bond donors (Lipinski definition) is 1. The van der Waals surface area contributed by atoms with Gasteiger partial charge < -0.3 is 9.84 Å². The van der Waals surface area contributed by atoms with Crippen molar-refractivity contribution in [3.63, 3.8) is 0 Å². The highest BCUT2D eigenvalue weighted by Gasteiger charge is 2.47. The van der Waals surface area contributed by atoms with E-state index in [9.17, 15) is 27.9 Å². The van der Waals surface area contributed by atoms with E-state index in [1.54, 1.807) is 37.3 Å². The molecule has 1 fully saturated rings. The predicted molar refractivity (Wildman–Crippen MR) is 125 cm³/mol. The molecular weight excluding hydrogens is 459 g/mol. The Morgan fingerprint density at radius 3 is 2.29 bits per heavy atom. The van der Waals surface area contributed by atoms with Gasteiger partial charge in [0, 0.05) is 17.3 Å². The number of ether oxygens (including phenoxy) is 1. The molecule has 0 aromatic heterocycles. The van der Waals surface area contributed by atoms with Crippen molar-refractivity contribution >= 4 is 23.1 Å². The fourth-order valence-electron chi connectivity index (χ4n) is 4.22. The van der Waals surface area contributed by atoms with Crippen LogP contribution < -0.4 is 9.64 Å². The Kier molecular flexibility index (Phi) is 6.15. The highest BCUT2D eigenvalue weighted by atomic mass is 19.4. The van der Waals surface area contributed by atoms with Crippen molar-refractivity contribution in [3.8, 4) is 5.75 Å². The van der Waals surface area contributed by atoms with E-state index in [-0.39, 0.29) is 17.0 Å². The maximum Gasteiger partial charge on any atom is 0.573 e. The van der Waals surface area contributed by atoms with Gasteiger partial charge in [0.05, 0.1) is 11.6 Å². The van der Waals surface area contributed by atoms with Gasteiger partial charge in [-0.15, -0.1) is 13.2 Å². The number of aliphatic hydroxyl groups excluding tert-OH is 1. The maximum absolute atomic E-state index is 13.3. The average Bonchev–Trinajstić information content (AvgIpc) is 3.04. The van der Waals surface area contributed by atoms with Crippen molar-refractivity contribution < 1.29 is 32.6 Å². The van der Waals surface area contributed by atoms with E-state index in [1.165, 1.54) is 12.1 Å². The standard InChI is InChI=1S/C27H22F3NO4/c1-15-6-4-7-18(12-15)23-22(24(32)21-13-16(2)10-11-17(21)3)25(33)26(34)31(23)19-8-5-9-20(14-19)35-27(28,29)30/h4-14,23,32H,1-3H3/b24-22+. The van der Waals surface area contributed by atoms with Crippen molar-refractivity contribution in [2.45, 2.75) is 33.2 Å². The quantitative estimate of drug-likeness (QED) is 0.276. The van der Waals surface area contributed by atoms with Gasteiger partial charge in [-0.25, -0.2) is 0 Å². The molecular formula is C27H22F3NO4. The second-order valence-corrected chi connectivity index (χ2v) is 8.45. The van der Waals surface area contributed by atoms with Crippen LogP contribution in [0, 0.1) is 20.8 Å². The summed E-state index contributed by atoms with van der Waals surface area (Å²) >= 11 is 0. The third-order valence-electron chi connectivity index (χ3n) is 5.78. The molecule has 0 radical (unpaired) electrons. The molecule has 180 valence electrons. The van der Waals surface area contributed by atoms with Crippen molar-refractivity contribution in [1.29, 1.82) is 0 Å². The van der Waals surface area contributed by atoms with E-state index in [2.05, 4.69) is 4.74 Å². The molecule has 1 aliphatic rings. The van der Waals surface area contributed by atoms with Crippen LogP contribution >= 0.6 is 0 Å². The number of carbonyl (C=O) groups excluding carboxylic acids is 2. The van der Waals surface area contributed by atoms with E-state index in [0.29, 0.717) is 16.7 Å². The monoisotopic (exact) mass is 481 g/mol. The summed E-state index contributed by atoms with van der Waals surface area (Å²) in [6.07, 6.45) is -4.93. The van der Waals surface area contributed by atoms with Crippen LogP contribution in [-0.2, 0) is 9.59 Å². The maximum atomic E-state index is 13.3. The summed E-state index contributed by atoms with van der Waals surface area (Å²) in [5.74, 6) is -2.78. The van der Waals surface area contributed by atoms with Crippen molar-refractivity contribution in [3.05, 3.63) is 100 Å². The highest BCUT2D eigenvalue weighted by Crippen LogP contribution is 2.43. The summed E-state index contributed by atoms with van der Waals surface area (Å²) in [6.45, 7) is 5.43. The number of aryl methyl sites for hydroxylation is 3. The lowest BCUT2D eigenvalue weighted by atomic mass is 9.92. The Morgan fingerprint density at radius 2 is 1.60 bits per heavy atom. The van der Waals surface area contributed by atoms with Crippen LogP contribution in [0.3, 0.4) is 0 Å². The molecule has 0 saturated carbocycles. The van der Waals surface area contributed by atoms with Gasteiger partial charge in [0.2, 0.25) is 0 Å². The molecule has 1 atom stereocenters. The fraction of sp³-hybridized carbons (Fsp3) is 0.185. The smallest absolute Gasteiger partial charge is 0.507 e. The van der Waals surface area contributed by atoms with E-state index in [0.717, 1.165) is 28.2 Å². The van der Waals surface area contributed by atoms with Crippen molar-refractivity contribution in [2.24, 2.45) is 0 Å². The number of nitrogens with zero attached hydrogens (tertiary/aromatic N) is 1. The van der Waals surface area contributed by atoms with Gasteiger partial charge >= 0.3 is 6.36 Å². The lowest BCUT2D eigenvalue weighted by molar-refractivity contribution is -0.274. The average molecular weight is 481 g/mol. The van der Waals surface area contributed by atoms with Crippen LogP contribution in [0.4, 0.5) is 18.9 Å². The Hall–Kier alpha value is -4.07. The first-order valence-electron chi connectivity index (χ1n) is 10.8. The number of alkyl halides is 3. The SMILES string of the molecule is Cc1cccc(C2/C(=C(\O)c3cc(C)ccc3C)C(=O)C(=O)N2c2cccc(OC(F)(F)F)c2)c1. The van der Waals surface area contributed by atoms with E-state index < -0.39 is 29.8 Å². The van der Waals surface area contributed by atoms with Gasteiger partial charge in [0.15, 0.2) is 0 Å². The van der Waals surface area contributed by atoms with Gasteiger partial charge in [-0.3, -0.25) is 14.5 Å². The largest absolute Gasteiger partial charge is 0.573 e. The molecule has 1 saturated heterocycles. The molecule has 8 heteroatoms. The third kappa shape index (κ3) is 4.77. The first kappa shape index (κ1) is 24.1. The first-order valence-corrected chi connectivity index (χ1v) is 10.8.